The molecule has 0 radical (unpaired) electrons. The number of hydrogen-bond acceptors (Lipinski definition) is 5. The van der Waals surface area contributed by atoms with Crippen LogP contribution in [0.15, 0.2) is 71.6 Å². The largest absolute Gasteiger partial charge is 0.497 e. The average Bonchev–Trinajstić information content (AvgIpc) is 2.80. The molecule has 0 aliphatic rings. The molecule has 0 spiro atoms. The Hall–Kier alpha value is -3.52. The molecule has 2 N–H and O–H groups in total. The molecule has 32 heavy (non-hydrogen) atoms. The van der Waals surface area contributed by atoms with E-state index in [1.807, 2.05) is 31.2 Å². The van der Waals surface area contributed by atoms with Gasteiger partial charge in [0, 0.05) is 23.9 Å². The van der Waals surface area contributed by atoms with Gasteiger partial charge in [-0.15, -0.1) is 0 Å². The van der Waals surface area contributed by atoms with Crippen LogP contribution in [0, 0.1) is 6.92 Å². The predicted octanol–water partition coefficient (Wildman–Crippen LogP) is 3.79. The summed E-state index contributed by atoms with van der Waals surface area (Å²) in [6, 6.07) is 18.4. The van der Waals surface area contributed by atoms with Crippen LogP contribution in [0.3, 0.4) is 0 Å². The molecule has 0 aromatic heterocycles. The van der Waals surface area contributed by atoms with Crippen LogP contribution in [0.4, 0.5) is 5.69 Å². The summed E-state index contributed by atoms with van der Waals surface area (Å²) < 4.78 is 38.2. The highest BCUT2D eigenvalue weighted by atomic mass is 32.2. The first-order valence-corrected chi connectivity index (χ1v) is 11.5. The third kappa shape index (κ3) is 5.79. The Kier molecular flexibility index (Phi) is 7.37. The highest BCUT2D eigenvalue weighted by Gasteiger charge is 2.15. The van der Waals surface area contributed by atoms with Crippen LogP contribution in [-0.4, -0.2) is 35.1 Å². The number of amides is 1. The summed E-state index contributed by atoms with van der Waals surface area (Å²) in [6.07, 6.45) is 0.575. The van der Waals surface area contributed by atoms with E-state index < -0.39 is 10.0 Å². The van der Waals surface area contributed by atoms with Crippen molar-refractivity contribution in [3.8, 4) is 11.5 Å². The van der Waals surface area contributed by atoms with Gasteiger partial charge in [-0.3, -0.25) is 9.52 Å². The lowest BCUT2D eigenvalue weighted by molar-refractivity contribution is 0.0954. The molecule has 0 fully saturated rings. The number of methoxy groups -OCH3 is 2. The number of benzene rings is 3. The average molecular weight is 455 g/mol. The number of rotatable bonds is 9. The summed E-state index contributed by atoms with van der Waals surface area (Å²) in [7, 11) is -0.570. The fourth-order valence-corrected chi connectivity index (χ4v) is 4.15. The van der Waals surface area contributed by atoms with Gasteiger partial charge in [-0.05, 0) is 61.4 Å². The van der Waals surface area contributed by atoms with E-state index in [2.05, 4.69) is 10.0 Å². The molecule has 3 rings (SSSR count). The molecule has 8 heteroatoms. The van der Waals surface area contributed by atoms with Crippen molar-refractivity contribution < 1.29 is 22.7 Å². The number of hydrogen-bond donors (Lipinski definition) is 2. The maximum absolute atomic E-state index is 12.6. The van der Waals surface area contributed by atoms with Gasteiger partial charge < -0.3 is 14.8 Å². The molecule has 7 nitrogen and oxygen atoms in total. The summed E-state index contributed by atoms with van der Waals surface area (Å²) >= 11 is 0. The lowest BCUT2D eigenvalue weighted by atomic mass is 10.1. The van der Waals surface area contributed by atoms with Gasteiger partial charge in [0.2, 0.25) is 0 Å². The lowest BCUT2D eigenvalue weighted by Gasteiger charge is -2.11. The molecular formula is C24H26N2O5S. The van der Waals surface area contributed by atoms with Gasteiger partial charge in [-0.1, -0.05) is 23.8 Å². The fraction of sp³-hybridized carbons (Fsp3) is 0.208. The maximum Gasteiger partial charge on any atom is 0.261 e. The molecule has 0 aliphatic carbocycles. The predicted molar refractivity (Wildman–Crippen MR) is 124 cm³/mol. The number of aryl methyl sites for hydroxylation is 1. The Morgan fingerprint density at radius 1 is 0.906 bits per heavy atom. The number of sulfonamides is 1. The molecule has 0 saturated heterocycles. The van der Waals surface area contributed by atoms with Gasteiger partial charge in [0.1, 0.15) is 11.5 Å². The van der Waals surface area contributed by atoms with E-state index in [1.165, 1.54) is 24.3 Å². The molecule has 0 heterocycles. The Labute approximate surface area is 188 Å². The minimum absolute atomic E-state index is 0.0811. The monoisotopic (exact) mass is 454 g/mol. The second-order valence-electron chi connectivity index (χ2n) is 7.18. The van der Waals surface area contributed by atoms with Crippen molar-refractivity contribution in [2.45, 2.75) is 18.2 Å². The van der Waals surface area contributed by atoms with E-state index >= 15 is 0 Å². The smallest absolute Gasteiger partial charge is 0.261 e. The number of carbonyl (C=O) groups is 1. The third-order valence-corrected chi connectivity index (χ3v) is 6.30. The van der Waals surface area contributed by atoms with Crippen LogP contribution >= 0.6 is 0 Å². The molecule has 3 aromatic rings. The summed E-state index contributed by atoms with van der Waals surface area (Å²) in [5.74, 6) is 1.10. The van der Waals surface area contributed by atoms with Crippen LogP contribution < -0.4 is 19.5 Å². The fourth-order valence-electron chi connectivity index (χ4n) is 3.09. The second-order valence-corrected chi connectivity index (χ2v) is 8.86. The summed E-state index contributed by atoms with van der Waals surface area (Å²) in [5, 5.41) is 2.84. The molecule has 0 unspecified atom stereocenters. The van der Waals surface area contributed by atoms with E-state index in [1.54, 1.807) is 32.4 Å². The standard InChI is InChI=1S/C24H26N2O5S/c1-17-4-9-20(10-5-17)26-32(28,29)22-12-7-19(8-13-22)24(27)25-15-14-18-6-11-21(30-2)16-23(18)31-3/h4-13,16,26H,14-15H2,1-3H3,(H,25,27). The number of anilines is 1. The van der Waals surface area contributed by atoms with Gasteiger partial charge in [0.05, 0.1) is 19.1 Å². The Bertz CT molecular complexity index is 1170. The highest BCUT2D eigenvalue weighted by molar-refractivity contribution is 7.92. The summed E-state index contributed by atoms with van der Waals surface area (Å²) in [5.41, 5.74) is 2.83. The molecule has 3 aromatic carbocycles. The summed E-state index contributed by atoms with van der Waals surface area (Å²) in [6.45, 7) is 2.33. The van der Waals surface area contributed by atoms with Gasteiger partial charge in [-0.25, -0.2) is 8.42 Å². The zero-order valence-corrected chi connectivity index (χ0v) is 19.0. The van der Waals surface area contributed by atoms with Crippen molar-refractivity contribution >= 4 is 21.6 Å². The Morgan fingerprint density at radius 3 is 2.22 bits per heavy atom. The third-order valence-electron chi connectivity index (χ3n) is 4.90. The van der Waals surface area contributed by atoms with Crippen LogP contribution in [0.5, 0.6) is 11.5 Å². The minimum atomic E-state index is -3.74. The SMILES string of the molecule is COc1ccc(CCNC(=O)c2ccc(S(=O)(=O)Nc3ccc(C)cc3)cc2)c(OC)c1. The van der Waals surface area contributed by atoms with E-state index in [0.717, 1.165) is 11.1 Å². The Morgan fingerprint density at radius 2 is 1.59 bits per heavy atom. The van der Waals surface area contributed by atoms with Crippen molar-refractivity contribution in [2.24, 2.45) is 0 Å². The topological polar surface area (TPSA) is 93.7 Å². The van der Waals surface area contributed by atoms with Gasteiger partial charge in [0.15, 0.2) is 0 Å². The van der Waals surface area contributed by atoms with Crippen LogP contribution in [0.1, 0.15) is 21.5 Å². The first-order chi connectivity index (χ1) is 15.3. The van der Waals surface area contributed by atoms with Gasteiger partial charge >= 0.3 is 0 Å². The van der Waals surface area contributed by atoms with Crippen LogP contribution in [-0.2, 0) is 16.4 Å². The van der Waals surface area contributed by atoms with E-state index in [-0.39, 0.29) is 10.8 Å². The van der Waals surface area contributed by atoms with Crippen LogP contribution in [0.25, 0.3) is 0 Å². The molecular weight excluding hydrogens is 428 g/mol. The van der Waals surface area contributed by atoms with Crippen molar-refractivity contribution in [1.29, 1.82) is 0 Å². The van der Waals surface area contributed by atoms with E-state index in [9.17, 15) is 13.2 Å². The molecule has 0 saturated carbocycles. The number of nitrogens with one attached hydrogen (secondary N) is 2. The number of ether oxygens (including phenoxy) is 2. The molecule has 168 valence electrons. The van der Waals surface area contributed by atoms with Crippen molar-refractivity contribution in [1.82, 2.24) is 5.32 Å². The summed E-state index contributed by atoms with van der Waals surface area (Å²) in [4.78, 5) is 12.5. The highest BCUT2D eigenvalue weighted by Crippen LogP contribution is 2.24. The second kappa shape index (κ2) is 10.2. The minimum Gasteiger partial charge on any atom is -0.497 e. The van der Waals surface area contributed by atoms with E-state index in [0.29, 0.717) is 35.7 Å². The van der Waals surface area contributed by atoms with Crippen molar-refractivity contribution in [3.05, 3.63) is 83.4 Å². The van der Waals surface area contributed by atoms with Crippen molar-refractivity contribution in [3.63, 3.8) is 0 Å². The lowest BCUT2D eigenvalue weighted by Crippen LogP contribution is -2.25. The van der Waals surface area contributed by atoms with Crippen molar-refractivity contribution in [2.75, 3.05) is 25.5 Å². The molecule has 0 bridgehead atoms. The zero-order chi connectivity index (χ0) is 23.1. The quantitative estimate of drug-likeness (QED) is 0.513. The maximum atomic E-state index is 12.6. The number of carbonyl (C=O) groups excluding carboxylic acids is 1. The van der Waals surface area contributed by atoms with Crippen LogP contribution in [0.2, 0.25) is 0 Å². The first-order valence-electron chi connectivity index (χ1n) is 10.0. The molecule has 1 amide bonds. The van der Waals surface area contributed by atoms with E-state index in [4.69, 9.17) is 9.47 Å². The zero-order valence-electron chi connectivity index (χ0n) is 18.2. The molecule has 0 aliphatic heterocycles. The first kappa shape index (κ1) is 23.1. The normalized spacial score (nSPS) is 11.0. The Balaban J connectivity index is 1.59. The van der Waals surface area contributed by atoms with Gasteiger partial charge in [0.25, 0.3) is 15.9 Å². The van der Waals surface area contributed by atoms with Gasteiger partial charge in [-0.2, -0.15) is 0 Å². The molecule has 0 atom stereocenters.